The van der Waals surface area contributed by atoms with E-state index in [0.717, 1.165) is 21.8 Å². The predicted molar refractivity (Wildman–Crippen MR) is 94.1 cm³/mol. The van der Waals surface area contributed by atoms with E-state index in [1.165, 1.54) is 12.1 Å². The van der Waals surface area contributed by atoms with Gasteiger partial charge in [0.05, 0.1) is 12.2 Å². The smallest absolute Gasteiger partial charge is 0.220 e. The van der Waals surface area contributed by atoms with Crippen LogP contribution >= 0.6 is 11.3 Å². The highest BCUT2D eigenvalue weighted by atomic mass is 32.1. The first-order chi connectivity index (χ1) is 11.7. The molecule has 1 amide bonds. The predicted octanol–water partition coefficient (Wildman–Crippen LogP) is 4.20. The van der Waals surface area contributed by atoms with Gasteiger partial charge in [0.25, 0.3) is 0 Å². The summed E-state index contributed by atoms with van der Waals surface area (Å²) in [7, 11) is 0. The summed E-state index contributed by atoms with van der Waals surface area (Å²) in [5, 5.41) is 5.79. The van der Waals surface area contributed by atoms with Crippen molar-refractivity contribution in [2.45, 2.75) is 19.4 Å². The van der Waals surface area contributed by atoms with Crippen molar-refractivity contribution in [2.24, 2.45) is 0 Å². The minimum absolute atomic E-state index is 0.0337. The summed E-state index contributed by atoms with van der Waals surface area (Å²) in [6.45, 7) is 0.422. The molecule has 0 spiro atoms. The van der Waals surface area contributed by atoms with Crippen molar-refractivity contribution in [3.63, 3.8) is 0 Å². The van der Waals surface area contributed by atoms with E-state index in [2.05, 4.69) is 10.3 Å². The number of carbonyl (C=O) groups is 1. The number of amides is 1. The molecule has 5 heteroatoms. The summed E-state index contributed by atoms with van der Waals surface area (Å²) < 4.78 is 12.8. The first-order valence-electron chi connectivity index (χ1n) is 7.72. The minimum atomic E-state index is -0.263. The average Bonchev–Trinajstić information content (AvgIpc) is 3.09. The van der Waals surface area contributed by atoms with Crippen LogP contribution in [0, 0.1) is 5.82 Å². The van der Waals surface area contributed by atoms with E-state index in [1.807, 2.05) is 35.7 Å². The highest BCUT2D eigenvalue weighted by Gasteiger charge is 2.07. The second-order valence-corrected chi connectivity index (χ2v) is 6.27. The molecule has 0 fully saturated rings. The van der Waals surface area contributed by atoms with Crippen LogP contribution < -0.4 is 5.32 Å². The van der Waals surface area contributed by atoms with E-state index in [1.54, 1.807) is 23.5 Å². The number of halogens is 1. The van der Waals surface area contributed by atoms with Crippen LogP contribution in [0.4, 0.5) is 4.39 Å². The second-order valence-electron chi connectivity index (χ2n) is 5.41. The molecule has 2 aromatic carbocycles. The van der Waals surface area contributed by atoms with E-state index < -0.39 is 0 Å². The lowest BCUT2D eigenvalue weighted by Crippen LogP contribution is -2.23. The van der Waals surface area contributed by atoms with Crippen molar-refractivity contribution in [1.82, 2.24) is 10.3 Å². The molecule has 0 bridgehead atoms. The Morgan fingerprint density at radius 1 is 1.08 bits per heavy atom. The fourth-order valence-corrected chi connectivity index (χ4v) is 3.11. The maximum absolute atomic E-state index is 12.8. The Labute approximate surface area is 144 Å². The van der Waals surface area contributed by atoms with Crippen LogP contribution in [0.5, 0.6) is 0 Å². The first kappa shape index (κ1) is 16.3. The number of hydrogen-bond donors (Lipinski definition) is 1. The fourth-order valence-electron chi connectivity index (χ4n) is 2.29. The zero-order valence-corrected chi connectivity index (χ0v) is 13.9. The maximum Gasteiger partial charge on any atom is 0.220 e. The van der Waals surface area contributed by atoms with Gasteiger partial charge in [-0.1, -0.05) is 42.5 Å². The van der Waals surface area contributed by atoms with Crippen molar-refractivity contribution in [3.8, 4) is 10.6 Å². The molecule has 0 saturated heterocycles. The van der Waals surface area contributed by atoms with Crippen LogP contribution in [0.15, 0.2) is 60.0 Å². The highest BCUT2D eigenvalue weighted by Crippen LogP contribution is 2.23. The van der Waals surface area contributed by atoms with Gasteiger partial charge in [0.15, 0.2) is 0 Å². The number of aryl methyl sites for hydroxylation is 1. The van der Waals surface area contributed by atoms with Gasteiger partial charge in [0.1, 0.15) is 10.8 Å². The Morgan fingerprint density at radius 2 is 1.83 bits per heavy atom. The van der Waals surface area contributed by atoms with Crippen LogP contribution in [0.1, 0.15) is 17.7 Å². The molecule has 0 saturated carbocycles. The molecule has 0 aliphatic carbocycles. The molecule has 3 aromatic rings. The lowest BCUT2D eigenvalue weighted by molar-refractivity contribution is -0.121. The number of nitrogens with zero attached hydrogens (tertiary/aromatic N) is 1. The van der Waals surface area contributed by atoms with Crippen molar-refractivity contribution in [2.75, 3.05) is 0 Å². The number of hydrogen-bond acceptors (Lipinski definition) is 3. The molecule has 1 heterocycles. The van der Waals surface area contributed by atoms with Gasteiger partial charge >= 0.3 is 0 Å². The molecule has 3 rings (SSSR count). The lowest BCUT2D eigenvalue weighted by atomic mass is 10.1. The van der Waals surface area contributed by atoms with Gasteiger partial charge in [-0.15, -0.1) is 11.3 Å². The zero-order valence-electron chi connectivity index (χ0n) is 13.0. The molecule has 0 unspecified atom stereocenters. The molecule has 122 valence electrons. The molecule has 1 N–H and O–H groups in total. The van der Waals surface area contributed by atoms with E-state index in [4.69, 9.17) is 0 Å². The molecule has 3 nitrogen and oxygen atoms in total. The summed E-state index contributed by atoms with van der Waals surface area (Å²) >= 11 is 1.57. The van der Waals surface area contributed by atoms with Crippen molar-refractivity contribution in [3.05, 3.63) is 77.1 Å². The summed E-state index contributed by atoms with van der Waals surface area (Å²) in [4.78, 5) is 16.5. The van der Waals surface area contributed by atoms with Gasteiger partial charge in [0.2, 0.25) is 5.91 Å². The van der Waals surface area contributed by atoms with Crippen LogP contribution in [0.2, 0.25) is 0 Å². The average molecular weight is 340 g/mol. The first-order valence-corrected chi connectivity index (χ1v) is 8.59. The Kier molecular flexibility index (Phi) is 5.33. The molecular formula is C19H17FN2OS. The molecule has 0 atom stereocenters. The number of rotatable bonds is 6. The van der Waals surface area contributed by atoms with Crippen LogP contribution in [-0.4, -0.2) is 10.9 Å². The SMILES string of the molecule is O=C(CCc1ccc(F)cc1)NCc1csc(-c2ccccc2)n1. The van der Waals surface area contributed by atoms with E-state index in [-0.39, 0.29) is 11.7 Å². The summed E-state index contributed by atoms with van der Waals surface area (Å²) in [5.41, 5.74) is 2.89. The normalized spacial score (nSPS) is 10.5. The van der Waals surface area contributed by atoms with Gasteiger partial charge in [-0.05, 0) is 24.1 Å². The molecule has 1 aromatic heterocycles. The third kappa shape index (κ3) is 4.49. The lowest BCUT2D eigenvalue weighted by Gasteiger charge is -2.04. The summed E-state index contributed by atoms with van der Waals surface area (Å²) in [6, 6.07) is 16.2. The molecule has 0 aliphatic heterocycles. The van der Waals surface area contributed by atoms with E-state index in [9.17, 15) is 9.18 Å². The van der Waals surface area contributed by atoms with Gasteiger partial charge in [-0.3, -0.25) is 4.79 Å². The van der Waals surface area contributed by atoms with Crippen LogP contribution in [0.3, 0.4) is 0 Å². The van der Waals surface area contributed by atoms with Gasteiger partial charge in [0, 0.05) is 17.4 Å². The number of aromatic nitrogens is 1. The van der Waals surface area contributed by atoms with Crippen LogP contribution in [0.25, 0.3) is 10.6 Å². The summed E-state index contributed by atoms with van der Waals surface area (Å²) in [5.74, 6) is -0.297. The van der Waals surface area contributed by atoms with Crippen molar-refractivity contribution < 1.29 is 9.18 Å². The van der Waals surface area contributed by atoms with E-state index >= 15 is 0 Å². The monoisotopic (exact) mass is 340 g/mol. The largest absolute Gasteiger partial charge is 0.350 e. The Bertz CT molecular complexity index is 800. The maximum atomic E-state index is 12.8. The van der Waals surface area contributed by atoms with E-state index in [0.29, 0.717) is 19.4 Å². The standard InChI is InChI=1S/C19H17FN2OS/c20-16-9-6-14(7-10-16)8-11-18(23)21-12-17-13-24-19(22-17)15-4-2-1-3-5-15/h1-7,9-10,13H,8,11-12H2,(H,21,23). The Morgan fingerprint density at radius 3 is 2.58 bits per heavy atom. The van der Waals surface area contributed by atoms with Gasteiger partial charge < -0.3 is 5.32 Å². The van der Waals surface area contributed by atoms with Gasteiger partial charge in [-0.2, -0.15) is 0 Å². The molecular weight excluding hydrogens is 323 g/mol. The van der Waals surface area contributed by atoms with Crippen molar-refractivity contribution >= 4 is 17.2 Å². The van der Waals surface area contributed by atoms with Crippen LogP contribution in [-0.2, 0) is 17.8 Å². The highest BCUT2D eigenvalue weighted by molar-refractivity contribution is 7.13. The number of benzene rings is 2. The fraction of sp³-hybridized carbons (Fsp3) is 0.158. The second kappa shape index (κ2) is 7.84. The number of thiazole rings is 1. The summed E-state index contributed by atoms with van der Waals surface area (Å²) in [6.07, 6.45) is 0.972. The van der Waals surface area contributed by atoms with Crippen molar-refractivity contribution in [1.29, 1.82) is 0 Å². The molecule has 0 radical (unpaired) electrons. The number of carbonyl (C=O) groups excluding carboxylic acids is 1. The quantitative estimate of drug-likeness (QED) is 0.731. The number of nitrogens with one attached hydrogen (secondary N) is 1. The van der Waals surface area contributed by atoms with Gasteiger partial charge in [-0.25, -0.2) is 9.37 Å². The topological polar surface area (TPSA) is 42.0 Å². The molecule has 24 heavy (non-hydrogen) atoms. The Hall–Kier alpha value is -2.53. The minimum Gasteiger partial charge on any atom is -0.350 e. The Balaban J connectivity index is 1.48. The third-order valence-corrected chi connectivity index (χ3v) is 4.53. The third-order valence-electron chi connectivity index (χ3n) is 3.59. The zero-order chi connectivity index (χ0) is 16.8. The molecule has 0 aliphatic rings.